The molecule has 14 heavy (non-hydrogen) atoms. The number of hydrogen-bond donors (Lipinski definition) is 1. The zero-order chi connectivity index (χ0) is 9.97. The predicted octanol–water partition coefficient (Wildman–Crippen LogP) is 1.95. The molecule has 0 aromatic heterocycles. The second kappa shape index (κ2) is 3.80. The molecule has 2 aromatic rings. The quantitative estimate of drug-likeness (QED) is 0.762. The van der Waals surface area contributed by atoms with Crippen LogP contribution in [0.25, 0.3) is 10.8 Å². The van der Waals surface area contributed by atoms with Crippen LogP contribution in [0.1, 0.15) is 5.56 Å². The van der Waals surface area contributed by atoms with Gasteiger partial charge in [-0.1, -0.05) is 42.5 Å². The third kappa shape index (κ3) is 1.77. The van der Waals surface area contributed by atoms with E-state index in [9.17, 15) is 8.42 Å². The van der Waals surface area contributed by atoms with Gasteiger partial charge in [-0.2, -0.15) is 0 Å². The summed E-state index contributed by atoms with van der Waals surface area (Å²) in [5, 5.41) is 2.11. The van der Waals surface area contributed by atoms with Gasteiger partial charge in [0, 0.05) is 0 Å². The summed E-state index contributed by atoms with van der Waals surface area (Å²) < 4.78 is 21.3. The lowest BCUT2D eigenvalue weighted by Gasteiger charge is -2.01. The fourth-order valence-electron chi connectivity index (χ4n) is 1.57. The molecule has 0 N–H and O–H groups in total. The van der Waals surface area contributed by atoms with Crippen molar-refractivity contribution in [3.8, 4) is 0 Å². The molecule has 2 rings (SSSR count). The van der Waals surface area contributed by atoms with Gasteiger partial charge in [-0.3, -0.25) is 0 Å². The van der Waals surface area contributed by atoms with E-state index in [1.54, 1.807) is 0 Å². The molecule has 0 aliphatic rings. The van der Waals surface area contributed by atoms with E-state index in [0.29, 0.717) is 0 Å². The van der Waals surface area contributed by atoms with Crippen LogP contribution in [-0.2, 0) is 16.5 Å². The molecule has 0 aliphatic heterocycles. The largest absolute Gasteiger partial charge is 0.232 e. The Kier molecular flexibility index (Phi) is 2.50. The van der Waals surface area contributed by atoms with Crippen molar-refractivity contribution in [3.63, 3.8) is 0 Å². The van der Waals surface area contributed by atoms with E-state index in [-0.39, 0.29) is 5.75 Å². The van der Waals surface area contributed by atoms with E-state index >= 15 is 0 Å². The minimum absolute atomic E-state index is 0.122. The third-order valence-corrected chi connectivity index (χ3v) is 2.78. The summed E-state index contributed by atoms with van der Waals surface area (Å²) in [6.07, 6.45) is 0. The Morgan fingerprint density at radius 1 is 0.929 bits per heavy atom. The van der Waals surface area contributed by atoms with Gasteiger partial charge in [-0.15, -0.1) is 0 Å². The minimum atomic E-state index is -2.35. The van der Waals surface area contributed by atoms with Crippen LogP contribution in [-0.4, -0.2) is 8.42 Å². The van der Waals surface area contributed by atoms with Crippen LogP contribution in [0, 0.1) is 0 Å². The third-order valence-electron chi connectivity index (χ3n) is 2.18. The number of thiol groups is 1. The number of hydrogen-bond acceptors (Lipinski definition) is 2. The second-order valence-electron chi connectivity index (χ2n) is 3.13. The molecule has 3 heteroatoms. The molecule has 0 unspecified atom stereocenters. The molecule has 0 heterocycles. The van der Waals surface area contributed by atoms with Gasteiger partial charge in [0.15, 0.2) is 0 Å². The standard InChI is InChI=1S/C11H10O2S/c12-14(13)8-10-6-3-5-9-4-1-2-7-11(9)10/h1-7,14H,8H2. The average molecular weight is 206 g/mol. The molecule has 0 bridgehead atoms. The van der Waals surface area contributed by atoms with Crippen LogP contribution in [0.15, 0.2) is 42.5 Å². The Balaban J connectivity index is 2.64. The molecule has 72 valence electrons. The maximum absolute atomic E-state index is 10.6. The summed E-state index contributed by atoms with van der Waals surface area (Å²) in [7, 11) is -2.35. The molecule has 2 nitrogen and oxygen atoms in total. The van der Waals surface area contributed by atoms with Crippen molar-refractivity contribution in [1.29, 1.82) is 0 Å². The average Bonchev–Trinajstić information content (AvgIpc) is 2.18. The summed E-state index contributed by atoms with van der Waals surface area (Å²) in [5.74, 6) is 0.122. The Bertz CT molecular complexity index is 516. The van der Waals surface area contributed by atoms with Crippen LogP contribution in [0.2, 0.25) is 0 Å². The first-order chi connectivity index (χ1) is 6.77. The van der Waals surface area contributed by atoms with Crippen molar-refractivity contribution in [2.75, 3.05) is 0 Å². The van der Waals surface area contributed by atoms with Crippen molar-refractivity contribution in [2.45, 2.75) is 5.75 Å². The zero-order valence-corrected chi connectivity index (χ0v) is 8.41. The van der Waals surface area contributed by atoms with E-state index in [4.69, 9.17) is 0 Å². The zero-order valence-electron chi connectivity index (χ0n) is 7.51. The predicted molar refractivity (Wildman–Crippen MR) is 58.0 cm³/mol. The maximum atomic E-state index is 10.6. The summed E-state index contributed by atoms with van der Waals surface area (Å²) in [4.78, 5) is 0. The molecule has 0 spiro atoms. The van der Waals surface area contributed by atoms with E-state index in [2.05, 4.69) is 0 Å². The normalized spacial score (nSPS) is 10.9. The summed E-state index contributed by atoms with van der Waals surface area (Å²) in [5.41, 5.74) is 0.874. The molecular formula is C11H10O2S. The van der Waals surface area contributed by atoms with Crippen molar-refractivity contribution < 1.29 is 8.42 Å². The van der Waals surface area contributed by atoms with Gasteiger partial charge < -0.3 is 0 Å². The summed E-state index contributed by atoms with van der Waals surface area (Å²) in [6.45, 7) is 0. The van der Waals surface area contributed by atoms with Gasteiger partial charge in [0.25, 0.3) is 0 Å². The Hall–Kier alpha value is -1.35. The van der Waals surface area contributed by atoms with Crippen molar-refractivity contribution in [3.05, 3.63) is 48.0 Å². The SMILES string of the molecule is O=[SH](=O)Cc1cccc2ccccc12. The van der Waals surface area contributed by atoms with E-state index < -0.39 is 10.7 Å². The lowest BCUT2D eigenvalue weighted by molar-refractivity contribution is 0.614. The lowest BCUT2D eigenvalue weighted by Crippen LogP contribution is -1.88. The van der Waals surface area contributed by atoms with Gasteiger partial charge in [-0.25, -0.2) is 8.42 Å². The van der Waals surface area contributed by atoms with Crippen molar-refractivity contribution in [2.24, 2.45) is 0 Å². The first-order valence-corrected chi connectivity index (χ1v) is 5.72. The highest BCUT2D eigenvalue weighted by Crippen LogP contribution is 2.18. The molecular weight excluding hydrogens is 196 g/mol. The Labute approximate surface area is 84.1 Å². The maximum Gasteiger partial charge on any atom is 0.144 e. The molecule has 0 amide bonds. The molecule has 0 atom stereocenters. The van der Waals surface area contributed by atoms with Gasteiger partial charge in [0.2, 0.25) is 0 Å². The van der Waals surface area contributed by atoms with Crippen LogP contribution in [0.3, 0.4) is 0 Å². The highest BCUT2D eigenvalue weighted by molar-refractivity contribution is 7.71. The molecule has 0 saturated heterocycles. The summed E-state index contributed by atoms with van der Waals surface area (Å²) in [6, 6.07) is 13.5. The van der Waals surface area contributed by atoms with Gasteiger partial charge >= 0.3 is 0 Å². The molecule has 0 fully saturated rings. The lowest BCUT2D eigenvalue weighted by atomic mass is 10.1. The summed E-state index contributed by atoms with van der Waals surface area (Å²) >= 11 is 0. The van der Waals surface area contributed by atoms with Crippen LogP contribution in [0.4, 0.5) is 0 Å². The molecule has 0 radical (unpaired) electrons. The smallest absolute Gasteiger partial charge is 0.144 e. The monoisotopic (exact) mass is 206 g/mol. The minimum Gasteiger partial charge on any atom is -0.232 e. The van der Waals surface area contributed by atoms with E-state index in [1.165, 1.54) is 0 Å². The topological polar surface area (TPSA) is 34.1 Å². The Morgan fingerprint density at radius 3 is 2.43 bits per heavy atom. The number of fused-ring (bicyclic) bond motifs is 1. The highest BCUT2D eigenvalue weighted by Gasteiger charge is 2.00. The van der Waals surface area contributed by atoms with E-state index in [1.807, 2.05) is 42.5 Å². The highest BCUT2D eigenvalue weighted by atomic mass is 32.2. The van der Waals surface area contributed by atoms with Gasteiger partial charge in [-0.05, 0) is 16.3 Å². The fraction of sp³-hybridized carbons (Fsp3) is 0.0909. The van der Waals surface area contributed by atoms with Crippen LogP contribution in [0.5, 0.6) is 0 Å². The molecule has 0 aliphatic carbocycles. The molecule has 0 saturated carbocycles. The van der Waals surface area contributed by atoms with Crippen molar-refractivity contribution >= 4 is 21.5 Å². The van der Waals surface area contributed by atoms with Crippen LogP contribution < -0.4 is 0 Å². The van der Waals surface area contributed by atoms with Gasteiger partial charge in [0.1, 0.15) is 10.7 Å². The molecule has 2 aromatic carbocycles. The van der Waals surface area contributed by atoms with Gasteiger partial charge in [0.05, 0.1) is 5.75 Å². The first kappa shape index (κ1) is 9.21. The van der Waals surface area contributed by atoms with Crippen LogP contribution >= 0.6 is 0 Å². The first-order valence-electron chi connectivity index (χ1n) is 4.36. The van der Waals surface area contributed by atoms with Crippen molar-refractivity contribution in [1.82, 2.24) is 0 Å². The van der Waals surface area contributed by atoms with E-state index in [0.717, 1.165) is 16.3 Å². The number of rotatable bonds is 2. The second-order valence-corrected chi connectivity index (χ2v) is 4.11. The fourth-order valence-corrected chi connectivity index (χ4v) is 2.12. The number of benzene rings is 2. The Morgan fingerprint density at radius 2 is 1.64 bits per heavy atom.